The van der Waals surface area contributed by atoms with E-state index in [2.05, 4.69) is 10.2 Å². The lowest BCUT2D eigenvalue weighted by Gasteiger charge is -2.34. The minimum atomic E-state index is -0.938. The van der Waals surface area contributed by atoms with E-state index in [9.17, 15) is 13.8 Å². The molecular weight excluding hydrogens is 374 g/mol. The van der Waals surface area contributed by atoms with Crippen molar-refractivity contribution in [1.82, 2.24) is 9.80 Å². The molecule has 0 radical (unpaired) electrons. The third-order valence-electron chi connectivity index (χ3n) is 4.63. The van der Waals surface area contributed by atoms with Crippen molar-refractivity contribution in [3.05, 3.63) is 65.7 Å². The molecule has 1 saturated heterocycles. The Kier molecular flexibility index (Phi) is 6.95. The second-order valence-corrected chi connectivity index (χ2v) is 8.34. The van der Waals surface area contributed by atoms with Crippen LogP contribution in [0.4, 0.5) is 5.69 Å². The number of nitrogens with one attached hydrogen (secondary N) is 1. The summed E-state index contributed by atoms with van der Waals surface area (Å²) in [5.74, 6) is 0.383. The highest BCUT2D eigenvalue weighted by molar-refractivity contribution is 7.83. The highest BCUT2D eigenvalue weighted by Gasteiger charge is 2.23. The molecule has 1 N–H and O–H groups in total. The van der Waals surface area contributed by atoms with Gasteiger partial charge in [-0.25, -0.2) is 0 Å². The fourth-order valence-electron chi connectivity index (χ4n) is 3.25. The number of benzene rings is 2. The molecule has 148 valence electrons. The lowest BCUT2D eigenvalue weighted by atomic mass is 10.1. The Morgan fingerprint density at radius 1 is 1.00 bits per heavy atom. The molecule has 7 heteroatoms. The van der Waals surface area contributed by atoms with Gasteiger partial charge in [0.2, 0.25) is 5.91 Å². The predicted molar refractivity (Wildman–Crippen MR) is 112 cm³/mol. The van der Waals surface area contributed by atoms with Gasteiger partial charge in [0.15, 0.2) is 0 Å². The predicted octanol–water partition coefficient (Wildman–Crippen LogP) is 1.96. The molecule has 2 aromatic carbocycles. The van der Waals surface area contributed by atoms with Crippen molar-refractivity contribution < 1.29 is 13.8 Å². The number of para-hydroxylation sites is 1. The third kappa shape index (κ3) is 5.74. The molecule has 6 nitrogen and oxygen atoms in total. The van der Waals surface area contributed by atoms with Gasteiger partial charge >= 0.3 is 0 Å². The summed E-state index contributed by atoms with van der Waals surface area (Å²) in [7, 11) is -0.938. The molecule has 1 fully saturated rings. The number of carbonyl (C=O) groups excluding carboxylic acids is 2. The zero-order chi connectivity index (χ0) is 19.9. The van der Waals surface area contributed by atoms with E-state index in [1.807, 2.05) is 53.4 Å². The normalized spacial score (nSPS) is 15.8. The molecule has 3 rings (SSSR count). The second-order valence-electron chi connectivity index (χ2n) is 6.90. The van der Waals surface area contributed by atoms with E-state index in [1.54, 1.807) is 12.3 Å². The lowest BCUT2D eigenvalue weighted by Crippen LogP contribution is -2.50. The number of amides is 2. The Hall–Kier alpha value is -2.51. The van der Waals surface area contributed by atoms with Crippen LogP contribution in [0, 0.1) is 0 Å². The average Bonchev–Trinajstić information content (AvgIpc) is 2.68. The summed E-state index contributed by atoms with van der Waals surface area (Å²) in [6, 6.07) is 16.7. The smallest absolute Gasteiger partial charge is 0.253 e. The molecule has 1 heterocycles. The summed E-state index contributed by atoms with van der Waals surface area (Å²) >= 11 is 0. The number of carbonyl (C=O) groups is 2. The van der Waals surface area contributed by atoms with Crippen LogP contribution >= 0.6 is 0 Å². The van der Waals surface area contributed by atoms with Gasteiger partial charge in [-0.1, -0.05) is 30.3 Å². The van der Waals surface area contributed by atoms with Crippen LogP contribution in [0.1, 0.15) is 15.9 Å². The maximum Gasteiger partial charge on any atom is 0.253 e. The van der Waals surface area contributed by atoms with Gasteiger partial charge in [-0.05, 0) is 29.8 Å². The zero-order valence-corrected chi connectivity index (χ0v) is 16.8. The van der Waals surface area contributed by atoms with Gasteiger partial charge < -0.3 is 10.2 Å². The van der Waals surface area contributed by atoms with E-state index in [0.29, 0.717) is 44.0 Å². The van der Waals surface area contributed by atoms with Gasteiger partial charge in [-0.15, -0.1) is 0 Å². The Morgan fingerprint density at radius 3 is 2.39 bits per heavy atom. The first-order chi connectivity index (χ1) is 13.5. The van der Waals surface area contributed by atoms with Crippen LogP contribution in [0.2, 0.25) is 0 Å². The molecule has 1 aliphatic rings. The maximum atomic E-state index is 12.8. The van der Waals surface area contributed by atoms with Crippen molar-refractivity contribution in [2.45, 2.75) is 5.75 Å². The van der Waals surface area contributed by atoms with Gasteiger partial charge in [0.25, 0.3) is 5.91 Å². The number of piperazine rings is 1. The highest BCUT2D eigenvalue weighted by Crippen LogP contribution is 2.13. The van der Waals surface area contributed by atoms with Crippen LogP contribution in [-0.4, -0.2) is 64.8 Å². The molecule has 2 aromatic rings. The number of hydrogen-bond donors (Lipinski definition) is 1. The molecule has 28 heavy (non-hydrogen) atoms. The van der Waals surface area contributed by atoms with Crippen LogP contribution < -0.4 is 5.32 Å². The fourth-order valence-corrected chi connectivity index (χ4v) is 3.89. The van der Waals surface area contributed by atoms with E-state index >= 15 is 0 Å². The SMILES string of the molecule is CS(=O)Cc1cccc(C(=O)N2CCN(CC(=O)Nc3ccccc3)CC2)c1. The number of rotatable bonds is 6. The number of anilines is 1. The van der Waals surface area contributed by atoms with Crippen LogP contribution in [0.3, 0.4) is 0 Å². The largest absolute Gasteiger partial charge is 0.336 e. The average molecular weight is 400 g/mol. The number of hydrogen-bond acceptors (Lipinski definition) is 4. The Labute approximate surface area is 168 Å². The van der Waals surface area contributed by atoms with Crippen LogP contribution in [0.15, 0.2) is 54.6 Å². The molecule has 1 aliphatic heterocycles. The summed E-state index contributed by atoms with van der Waals surface area (Å²) < 4.78 is 11.4. The minimum Gasteiger partial charge on any atom is -0.336 e. The van der Waals surface area contributed by atoms with Crippen molar-refractivity contribution in [2.75, 3.05) is 44.3 Å². The quantitative estimate of drug-likeness (QED) is 0.806. The van der Waals surface area contributed by atoms with Crippen molar-refractivity contribution in [1.29, 1.82) is 0 Å². The van der Waals surface area contributed by atoms with Gasteiger partial charge in [0.05, 0.1) is 6.54 Å². The van der Waals surface area contributed by atoms with E-state index in [0.717, 1.165) is 11.3 Å². The van der Waals surface area contributed by atoms with Gasteiger partial charge in [-0.3, -0.25) is 18.7 Å². The minimum absolute atomic E-state index is 0.0166. The van der Waals surface area contributed by atoms with Crippen molar-refractivity contribution in [2.24, 2.45) is 0 Å². The Balaban J connectivity index is 1.50. The number of nitrogens with zero attached hydrogens (tertiary/aromatic N) is 2. The molecule has 0 bridgehead atoms. The summed E-state index contributed by atoms with van der Waals surface area (Å²) in [5, 5.41) is 2.88. The van der Waals surface area contributed by atoms with Gasteiger partial charge in [-0.2, -0.15) is 0 Å². The second kappa shape index (κ2) is 9.61. The molecule has 0 spiro atoms. The summed E-state index contributed by atoms with van der Waals surface area (Å²) in [5.41, 5.74) is 2.32. The Morgan fingerprint density at radius 2 is 1.71 bits per heavy atom. The molecule has 0 saturated carbocycles. The first-order valence-electron chi connectivity index (χ1n) is 9.27. The van der Waals surface area contributed by atoms with E-state index in [1.165, 1.54) is 0 Å². The topological polar surface area (TPSA) is 69.7 Å². The first-order valence-corrected chi connectivity index (χ1v) is 11.0. The maximum absolute atomic E-state index is 12.8. The van der Waals surface area contributed by atoms with E-state index in [4.69, 9.17) is 0 Å². The summed E-state index contributed by atoms with van der Waals surface area (Å²) in [4.78, 5) is 28.8. The van der Waals surface area contributed by atoms with Gasteiger partial charge in [0, 0.05) is 60.2 Å². The van der Waals surface area contributed by atoms with E-state index < -0.39 is 10.8 Å². The fraction of sp³-hybridized carbons (Fsp3) is 0.333. The van der Waals surface area contributed by atoms with E-state index in [-0.39, 0.29) is 11.8 Å². The molecule has 1 atom stereocenters. The zero-order valence-electron chi connectivity index (χ0n) is 16.0. The Bertz CT molecular complexity index is 849. The molecular formula is C21H25N3O3S. The monoisotopic (exact) mass is 399 g/mol. The van der Waals surface area contributed by atoms with Gasteiger partial charge in [0.1, 0.15) is 0 Å². The molecule has 0 aliphatic carbocycles. The summed E-state index contributed by atoms with van der Waals surface area (Å²) in [6.45, 7) is 2.80. The van der Waals surface area contributed by atoms with Crippen LogP contribution in [0.5, 0.6) is 0 Å². The van der Waals surface area contributed by atoms with Crippen molar-refractivity contribution in [3.8, 4) is 0 Å². The lowest BCUT2D eigenvalue weighted by molar-refractivity contribution is -0.117. The first kappa shape index (κ1) is 20.2. The highest BCUT2D eigenvalue weighted by atomic mass is 32.2. The van der Waals surface area contributed by atoms with Crippen molar-refractivity contribution in [3.63, 3.8) is 0 Å². The third-order valence-corrected chi connectivity index (χ3v) is 5.37. The molecule has 2 amide bonds. The molecule has 1 unspecified atom stereocenters. The van der Waals surface area contributed by atoms with Crippen LogP contribution in [0.25, 0.3) is 0 Å². The van der Waals surface area contributed by atoms with Crippen LogP contribution in [-0.2, 0) is 21.3 Å². The van der Waals surface area contributed by atoms with Crippen molar-refractivity contribution >= 4 is 28.3 Å². The standard InChI is InChI=1S/C21H25N3O3S/c1-28(27)16-17-6-5-7-18(14-17)21(26)24-12-10-23(11-13-24)15-20(25)22-19-8-3-2-4-9-19/h2-9,14H,10-13,15-16H2,1H3,(H,22,25). The summed E-state index contributed by atoms with van der Waals surface area (Å²) in [6.07, 6.45) is 1.65. The molecule has 0 aromatic heterocycles.